The summed E-state index contributed by atoms with van der Waals surface area (Å²) in [6.45, 7) is 9.84. The predicted molar refractivity (Wildman–Crippen MR) is 59.5 cm³/mol. The molecule has 78 valence electrons. The van der Waals surface area contributed by atoms with Crippen molar-refractivity contribution in [2.45, 2.75) is 27.7 Å². The van der Waals surface area contributed by atoms with Crippen molar-refractivity contribution in [1.29, 1.82) is 0 Å². The van der Waals surface area contributed by atoms with Gasteiger partial charge in [-0.2, -0.15) is 0 Å². The molecule has 0 bridgehead atoms. The standard InChI is InChI=1S/C9H12.C2H4O.CH2O/c1-7-4-5-8(2)9(3)6-7;1-2-3;1-2/h4-6H,1-3H3;2H,1H3;1H2. The smallest absolute Gasteiger partial charge is 0.116 e. The number of carbonyl (C=O) groups excluding carboxylic acids is 2. The molecule has 1 rings (SSSR count). The van der Waals surface area contributed by atoms with Gasteiger partial charge in [0.25, 0.3) is 0 Å². The van der Waals surface area contributed by atoms with Gasteiger partial charge in [0.2, 0.25) is 0 Å². The van der Waals surface area contributed by atoms with Crippen molar-refractivity contribution < 1.29 is 9.59 Å². The molecule has 0 aliphatic heterocycles. The first-order valence-corrected chi connectivity index (χ1v) is 4.34. The number of hydrogen-bond acceptors (Lipinski definition) is 2. The van der Waals surface area contributed by atoms with Crippen molar-refractivity contribution in [2.24, 2.45) is 0 Å². The highest BCUT2D eigenvalue weighted by atomic mass is 16.1. The van der Waals surface area contributed by atoms with Crippen LogP contribution in [0.25, 0.3) is 0 Å². The van der Waals surface area contributed by atoms with Crippen molar-refractivity contribution in [2.75, 3.05) is 0 Å². The van der Waals surface area contributed by atoms with Gasteiger partial charge >= 0.3 is 0 Å². The third kappa shape index (κ3) is 7.22. The van der Waals surface area contributed by atoms with Crippen molar-refractivity contribution >= 4 is 13.1 Å². The minimum absolute atomic E-state index is 0.750. The monoisotopic (exact) mass is 194 g/mol. The Hall–Kier alpha value is -1.44. The highest BCUT2D eigenvalue weighted by Crippen LogP contribution is 2.07. The molecule has 2 nitrogen and oxygen atoms in total. The first-order valence-electron chi connectivity index (χ1n) is 4.34. The maximum Gasteiger partial charge on any atom is 0.116 e. The Morgan fingerprint density at radius 3 is 1.79 bits per heavy atom. The summed E-state index contributed by atoms with van der Waals surface area (Å²) in [6, 6.07) is 6.50. The van der Waals surface area contributed by atoms with E-state index in [4.69, 9.17) is 9.59 Å². The molecule has 1 aromatic rings. The van der Waals surface area contributed by atoms with Crippen LogP contribution in [0.15, 0.2) is 18.2 Å². The molecular formula is C12H18O2. The lowest BCUT2D eigenvalue weighted by Gasteiger charge is -1.98. The van der Waals surface area contributed by atoms with Gasteiger partial charge in [0.1, 0.15) is 13.1 Å². The van der Waals surface area contributed by atoms with E-state index < -0.39 is 0 Å². The number of benzene rings is 1. The lowest BCUT2D eigenvalue weighted by Crippen LogP contribution is -1.79. The van der Waals surface area contributed by atoms with E-state index in [9.17, 15) is 0 Å². The summed E-state index contributed by atoms with van der Waals surface area (Å²) >= 11 is 0. The van der Waals surface area contributed by atoms with Crippen LogP contribution in [0.4, 0.5) is 0 Å². The van der Waals surface area contributed by atoms with Crippen LogP contribution in [0, 0.1) is 20.8 Å². The lowest BCUT2D eigenvalue weighted by molar-refractivity contribution is -0.106. The van der Waals surface area contributed by atoms with Crippen molar-refractivity contribution in [3.05, 3.63) is 34.9 Å². The Labute approximate surface area is 86.0 Å². The first-order chi connectivity index (χ1) is 6.61. The van der Waals surface area contributed by atoms with Crippen LogP contribution in [-0.4, -0.2) is 13.1 Å². The number of hydrogen-bond donors (Lipinski definition) is 0. The van der Waals surface area contributed by atoms with E-state index in [0.717, 1.165) is 6.29 Å². The van der Waals surface area contributed by atoms with Gasteiger partial charge in [-0.3, -0.25) is 0 Å². The maximum absolute atomic E-state index is 8.81. The van der Waals surface area contributed by atoms with Gasteiger partial charge in [0.15, 0.2) is 0 Å². The summed E-state index contributed by atoms with van der Waals surface area (Å²) < 4.78 is 0. The fraction of sp³-hybridized carbons (Fsp3) is 0.333. The maximum atomic E-state index is 8.81. The average Bonchev–Trinajstić information content (AvgIpc) is 2.17. The van der Waals surface area contributed by atoms with E-state index in [1.54, 1.807) is 0 Å². The van der Waals surface area contributed by atoms with Crippen LogP contribution in [0.5, 0.6) is 0 Å². The highest BCUT2D eigenvalue weighted by molar-refractivity contribution is 5.44. The van der Waals surface area contributed by atoms with E-state index in [0.29, 0.717) is 0 Å². The van der Waals surface area contributed by atoms with E-state index in [1.165, 1.54) is 23.6 Å². The molecule has 0 amide bonds. The molecule has 0 aliphatic carbocycles. The summed E-state index contributed by atoms with van der Waals surface area (Å²) in [4.78, 5) is 16.8. The van der Waals surface area contributed by atoms with Crippen molar-refractivity contribution in [1.82, 2.24) is 0 Å². The van der Waals surface area contributed by atoms with E-state index in [-0.39, 0.29) is 0 Å². The second-order valence-electron chi connectivity index (χ2n) is 2.82. The minimum atomic E-state index is 0.750. The molecule has 0 N–H and O–H groups in total. The summed E-state index contributed by atoms with van der Waals surface area (Å²) in [7, 11) is 0. The summed E-state index contributed by atoms with van der Waals surface area (Å²) in [5.41, 5.74) is 4.11. The molecule has 0 fully saturated rings. The lowest BCUT2D eigenvalue weighted by atomic mass is 10.1. The van der Waals surface area contributed by atoms with Crippen LogP contribution in [0.3, 0.4) is 0 Å². The zero-order valence-electron chi connectivity index (χ0n) is 9.33. The fourth-order valence-electron chi connectivity index (χ4n) is 0.891. The van der Waals surface area contributed by atoms with Gasteiger partial charge in [-0.15, -0.1) is 0 Å². The van der Waals surface area contributed by atoms with Gasteiger partial charge in [-0.05, 0) is 38.8 Å². The van der Waals surface area contributed by atoms with Crippen LogP contribution >= 0.6 is 0 Å². The quantitative estimate of drug-likeness (QED) is 0.595. The third-order valence-electron chi connectivity index (χ3n) is 1.66. The van der Waals surface area contributed by atoms with Crippen molar-refractivity contribution in [3.63, 3.8) is 0 Å². The molecule has 0 saturated heterocycles. The molecule has 1 aromatic carbocycles. The van der Waals surface area contributed by atoms with Gasteiger partial charge in [0.05, 0.1) is 0 Å². The molecule has 0 aromatic heterocycles. The predicted octanol–water partition coefficient (Wildman–Crippen LogP) is 2.63. The molecule has 0 atom stereocenters. The van der Waals surface area contributed by atoms with Gasteiger partial charge in [-0.25, -0.2) is 0 Å². The molecule has 2 heteroatoms. The van der Waals surface area contributed by atoms with E-state index >= 15 is 0 Å². The topological polar surface area (TPSA) is 34.1 Å². The van der Waals surface area contributed by atoms with Crippen LogP contribution in [0.1, 0.15) is 23.6 Å². The largest absolute Gasteiger partial charge is 0.307 e. The van der Waals surface area contributed by atoms with E-state index in [2.05, 4.69) is 39.0 Å². The van der Waals surface area contributed by atoms with Crippen LogP contribution in [-0.2, 0) is 9.59 Å². The van der Waals surface area contributed by atoms with E-state index in [1.807, 2.05) is 6.79 Å². The SMILES string of the molecule is C=O.CC=O.Cc1ccc(C)c(C)c1. The van der Waals surface area contributed by atoms with Gasteiger partial charge in [0, 0.05) is 0 Å². The second kappa shape index (κ2) is 9.65. The first kappa shape index (κ1) is 15.1. The highest BCUT2D eigenvalue weighted by Gasteiger charge is 1.89. The second-order valence-corrected chi connectivity index (χ2v) is 2.82. The molecule has 0 aliphatic rings. The van der Waals surface area contributed by atoms with Gasteiger partial charge < -0.3 is 9.59 Å². The number of aldehydes is 1. The van der Waals surface area contributed by atoms with Gasteiger partial charge in [-0.1, -0.05) is 23.8 Å². The summed E-state index contributed by atoms with van der Waals surface area (Å²) in [5, 5.41) is 0. The zero-order valence-corrected chi connectivity index (χ0v) is 9.33. The molecule has 0 heterocycles. The zero-order chi connectivity index (χ0) is 11.6. The molecule has 0 saturated carbocycles. The van der Waals surface area contributed by atoms with Crippen LogP contribution in [0.2, 0.25) is 0 Å². The number of aryl methyl sites for hydroxylation is 3. The number of carbonyl (C=O) groups is 2. The molecule has 0 spiro atoms. The Bertz CT molecular complexity index is 267. The summed E-state index contributed by atoms with van der Waals surface area (Å²) in [6.07, 6.45) is 0.750. The minimum Gasteiger partial charge on any atom is -0.307 e. The molecule has 14 heavy (non-hydrogen) atoms. The molecule has 0 radical (unpaired) electrons. The molecule has 0 unspecified atom stereocenters. The third-order valence-corrected chi connectivity index (χ3v) is 1.66. The van der Waals surface area contributed by atoms with Crippen molar-refractivity contribution in [3.8, 4) is 0 Å². The Morgan fingerprint density at radius 1 is 1.07 bits per heavy atom. The Kier molecular flexibility index (Phi) is 10.4. The summed E-state index contributed by atoms with van der Waals surface area (Å²) in [5.74, 6) is 0. The Morgan fingerprint density at radius 2 is 1.50 bits per heavy atom. The fourth-order valence-corrected chi connectivity index (χ4v) is 0.891. The number of rotatable bonds is 0. The van der Waals surface area contributed by atoms with Crippen LogP contribution < -0.4 is 0 Å². The molecular weight excluding hydrogens is 176 g/mol. The normalized spacial score (nSPS) is 7.43. The Balaban J connectivity index is 0. The average molecular weight is 194 g/mol.